The molecule has 0 atom stereocenters. The first-order valence-corrected chi connectivity index (χ1v) is 12.0. The number of aryl methyl sites for hydroxylation is 2. The molecule has 0 bridgehead atoms. The molecule has 168 valence electrons. The molecule has 3 heterocycles. The van der Waals surface area contributed by atoms with Crippen molar-refractivity contribution < 1.29 is 4.74 Å². The minimum absolute atomic E-state index is 0.00719. The third kappa shape index (κ3) is 2.71. The predicted molar refractivity (Wildman–Crippen MR) is 135 cm³/mol. The highest BCUT2D eigenvalue weighted by atomic mass is 16.5. The van der Waals surface area contributed by atoms with E-state index in [2.05, 4.69) is 96.0 Å². The van der Waals surface area contributed by atoms with E-state index in [1.165, 1.54) is 49.9 Å². The molecule has 0 aromatic heterocycles. The van der Waals surface area contributed by atoms with Gasteiger partial charge in [0.15, 0.2) is 0 Å². The summed E-state index contributed by atoms with van der Waals surface area (Å²) in [6.07, 6.45) is 0. The van der Waals surface area contributed by atoms with Gasteiger partial charge in [-0.3, -0.25) is 4.99 Å². The highest BCUT2D eigenvalue weighted by Crippen LogP contribution is 2.53. The maximum atomic E-state index is 7.04. The molecule has 0 saturated heterocycles. The highest BCUT2D eigenvalue weighted by Gasteiger charge is 2.42. The number of hydrogen-bond acceptors (Lipinski definition) is 3. The van der Waals surface area contributed by atoms with Gasteiger partial charge >= 0.3 is 0 Å². The van der Waals surface area contributed by atoms with Gasteiger partial charge in [0.1, 0.15) is 11.5 Å². The summed E-state index contributed by atoms with van der Waals surface area (Å²) in [5.41, 5.74) is 10.1. The minimum Gasteiger partial charge on any atom is -0.455 e. The average Bonchev–Trinajstić information content (AvgIpc) is 3.20. The number of benzene rings is 3. The first-order chi connectivity index (χ1) is 15.6. The van der Waals surface area contributed by atoms with Crippen LogP contribution in [0.3, 0.4) is 0 Å². The second-order valence-electron chi connectivity index (χ2n) is 11.4. The zero-order valence-corrected chi connectivity index (χ0v) is 20.8. The Kier molecular flexibility index (Phi) is 4.04. The van der Waals surface area contributed by atoms with Crippen molar-refractivity contribution in [3.05, 3.63) is 86.4 Å². The highest BCUT2D eigenvalue weighted by molar-refractivity contribution is 5.90. The number of hydrogen-bond donors (Lipinski definition) is 0. The third-order valence-corrected chi connectivity index (χ3v) is 7.69. The van der Waals surface area contributed by atoms with Gasteiger partial charge in [0.25, 0.3) is 0 Å². The summed E-state index contributed by atoms with van der Waals surface area (Å²) in [5, 5.41) is 2.31. The number of anilines is 1. The number of likely N-dealkylation sites (N-methyl/N-ethyl adjacent to an activating group) is 1. The van der Waals surface area contributed by atoms with Crippen LogP contribution in [0.4, 0.5) is 5.69 Å². The van der Waals surface area contributed by atoms with Gasteiger partial charge < -0.3 is 9.64 Å². The summed E-state index contributed by atoms with van der Waals surface area (Å²) in [7, 11) is 2.20. The fraction of sp³-hybridized carbons (Fsp3) is 0.367. The lowest BCUT2D eigenvalue weighted by Gasteiger charge is -2.31. The van der Waals surface area contributed by atoms with Crippen LogP contribution in [-0.2, 0) is 10.8 Å². The van der Waals surface area contributed by atoms with Gasteiger partial charge in [-0.05, 0) is 42.7 Å². The van der Waals surface area contributed by atoms with Crippen LogP contribution in [0.15, 0.2) is 47.5 Å². The summed E-state index contributed by atoms with van der Waals surface area (Å²) >= 11 is 0. The number of fused-ring (bicyclic) bond motifs is 6. The number of nitrogens with zero attached hydrogens (tertiary/aromatic N) is 2. The van der Waals surface area contributed by atoms with Crippen LogP contribution in [0.2, 0.25) is 0 Å². The topological polar surface area (TPSA) is 24.8 Å². The molecule has 0 radical (unpaired) electrons. The molecule has 0 fully saturated rings. The van der Waals surface area contributed by atoms with Gasteiger partial charge in [0.05, 0.1) is 5.36 Å². The van der Waals surface area contributed by atoms with Crippen LogP contribution in [0, 0.1) is 13.8 Å². The quantitative estimate of drug-likeness (QED) is 0.405. The molecule has 0 N–H and O–H groups in total. The Morgan fingerprint density at radius 2 is 1.61 bits per heavy atom. The summed E-state index contributed by atoms with van der Waals surface area (Å²) < 4.78 is 7.04. The summed E-state index contributed by atoms with van der Waals surface area (Å²) in [6, 6.07) is 15.5. The van der Waals surface area contributed by atoms with Crippen molar-refractivity contribution in [3.8, 4) is 11.5 Å². The average molecular weight is 437 g/mol. The van der Waals surface area contributed by atoms with Crippen LogP contribution in [-0.4, -0.2) is 20.1 Å². The van der Waals surface area contributed by atoms with Crippen molar-refractivity contribution in [2.45, 2.75) is 52.4 Å². The van der Waals surface area contributed by atoms with Crippen molar-refractivity contribution in [2.75, 3.05) is 25.0 Å². The van der Waals surface area contributed by atoms with E-state index in [4.69, 9.17) is 9.73 Å². The maximum Gasteiger partial charge on any atom is 0.141 e. The van der Waals surface area contributed by atoms with Gasteiger partial charge in [0.2, 0.25) is 0 Å². The monoisotopic (exact) mass is 436 g/mol. The Bertz CT molecular complexity index is 1460. The Morgan fingerprint density at radius 1 is 0.879 bits per heavy atom. The molecule has 0 saturated carbocycles. The second-order valence-corrected chi connectivity index (χ2v) is 11.4. The smallest absolute Gasteiger partial charge is 0.141 e. The van der Waals surface area contributed by atoms with Gasteiger partial charge in [0, 0.05) is 64.1 Å². The molecule has 3 aliphatic rings. The summed E-state index contributed by atoms with van der Waals surface area (Å²) in [5.74, 6) is 2.04. The van der Waals surface area contributed by atoms with E-state index < -0.39 is 0 Å². The Hall–Kier alpha value is -3.07. The lowest BCUT2D eigenvalue weighted by atomic mass is 9.79. The van der Waals surface area contributed by atoms with Crippen LogP contribution < -0.4 is 20.2 Å². The molecule has 33 heavy (non-hydrogen) atoms. The predicted octanol–water partition coefficient (Wildman–Crippen LogP) is 5.29. The van der Waals surface area contributed by atoms with Gasteiger partial charge in [-0.15, -0.1) is 0 Å². The summed E-state index contributed by atoms with van der Waals surface area (Å²) in [6.45, 7) is 15.5. The van der Waals surface area contributed by atoms with E-state index in [0.29, 0.717) is 0 Å². The molecular formula is C30H32N2O. The molecule has 6 rings (SSSR count). The summed E-state index contributed by atoms with van der Waals surface area (Å²) in [4.78, 5) is 7.34. The zero-order chi connectivity index (χ0) is 23.3. The SMILES string of the molecule is Cc1cc2c(c3c1N(C)CC3(C)C)Oc1c3c(c(C)cc1=C2c1ccccc1)=NCC3(C)C. The van der Waals surface area contributed by atoms with E-state index in [1.807, 2.05) is 0 Å². The van der Waals surface area contributed by atoms with Crippen LogP contribution in [0.5, 0.6) is 11.5 Å². The largest absolute Gasteiger partial charge is 0.455 e. The van der Waals surface area contributed by atoms with E-state index >= 15 is 0 Å². The fourth-order valence-electron chi connectivity index (χ4n) is 6.38. The Balaban J connectivity index is 1.82. The van der Waals surface area contributed by atoms with Gasteiger partial charge in [-0.2, -0.15) is 0 Å². The minimum atomic E-state index is -0.0507. The molecule has 3 aromatic rings. The van der Waals surface area contributed by atoms with Crippen LogP contribution in [0.25, 0.3) is 5.57 Å². The molecule has 0 aliphatic carbocycles. The van der Waals surface area contributed by atoms with Crippen LogP contribution in [0.1, 0.15) is 61.1 Å². The van der Waals surface area contributed by atoms with E-state index in [1.54, 1.807) is 0 Å². The van der Waals surface area contributed by atoms with Crippen molar-refractivity contribution in [1.82, 2.24) is 0 Å². The first kappa shape index (κ1) is 20.5. The van der Waals surface area contributed by atoms with Crippen molar-refractivity contribution in [3.63, 3.8) is 0 Å². The van der Waals surface area contributed by atoms with Crippen LogP contribution >= 0.6 is 0 Å². The third-order valence-electron chi connectivity index (χ3n) is 7.69. The first-order valence-electron chi connectivity index (χ1n) is 12.0. The second kappa shape index (κ2) is 6.50. The van der Waals surface area contributed by atoms with E-state index in [9.17, 15) is 0 Å². The van der Waals surface area contributed by atoms with E-state index in [0.717, 1.165) is 29.9 Å². The fourth-order valence-corrected chi connectivity index (χ4v) is 6.38. The van der Waals surface area contributed by atoms with E-state index in [-0.39, 0.29) is 10.8 Å². The van der Waals surface area contributed by atoms with Gasteiger partial charge in [-0.25, -0.2) is 0 Å². The van der Waals surface area contributed by atoms with Crippen molar-refractivity contribution in [2.24, 2.45) is 4.99 Å². The standard InChI is InChI=1S/C30H32N2O/c1-17-13-20-22(19-11-9-8-10-12-19)21-14-18(2)26-24(30(5,6)16-32(26)7)28(21)33-27(20)23-25(17)31-15-29(23,3)4/h8-14H,15-16H2,1-7H3. The molecule has 0 unspecified atom stereocenters. The molecule has 3 nitrogen and oxygen atoms in total. The van der Waals surface area contributed by atoms with Crippen molar-refractivity contribution >= 4 is 11.3 Å². The Morgan fingerprint density at radius 3 is 2.33 bits per heavy atom. The molecule has 3 aliphatic heterocycles. The zero-order valence-electron chi connectivity index (χ0n) is 20.8. The maximum absolute atomic E-state index is 7.04. The number of rotatable bonds is 1. The molecule has 3 heteroatoms. The number of ether oxygens (including phenoxy) is 1. The molecular weight excluding hydrogens is 404 g/mol. The lowest BCUT2D eigenvalue weighted by molar-refractivity contribution is 0.428. The molecule has 0 amide bonds. The lowest BCUT2D eigenvalue weighted by Crippen LogP contribution is -2.31. The normalized spacial score (nSPS) is 18.8. The van der Waals surface area contributed by atoms with Crippen molar-refractivity contribution in [1.29, 1.82) is 0 Å². The van der Waals surface area contributed by atoms with Gasteiger partial charge in [-0.1, -0.05) is 58.0 Å². The molecule has 3 aromatic carbocycles. The Labute approximate surface area is 196 Å². The molecule has 0 spiro atoms.